The Kier molecular flexibility index (Phi) is 3.66. The zero-order chi connectivity index (χ0) is 13.3. The zero-order valence-electron chi connectivity index (χ0n) is 9.31. The van der Waals surface area contributed by atoms with Crippen molar-refractivity contribution in [3.63, 3.8) is 0 Å². The summed E-state index contributed by atoms with van der Waals surface area (Å²) in [6, 6.07) is 3.34. The lowest BCUT2D eigenvalue weighted by molar-refractivity contribution is -0.133. The van der Waals surface area contributed by atoms with E-state index < -0.39 is 24.8 Å². The van der Waals surface area contributed by atoms with E-state index in [0.29, 0.717) is 23.2 Å². The van der Waals surface area contributed by atoms with Gasteiger partial charge in [0.2, 0.25) is 0 Å². The van der Waals surface area contributed by atoms with Crippen LogP contribution in [0.15, 0.2) is 16.6 Å². The van der Waals surface area contributed by atoms with Crippen molar-refractivity contribution in [1.29, 1.82) is 0 Å². The lowest BCUT2D eigenvalue weighted by Crippen LogP contribution is -2.11. The molecule has 2 nitrogen and oxygen atoms in total. The summed E-state index contributed by atoms with van der Waals surface area (Å²) in [6.07, 6.45) is -5.29. The van der Waals surface area contributed by atoms with Crippen LogP contribution in [0.25, 0.3) is 0 Å². The SMILES string of the molecule is O=C(CCC(F)(F)F)c1cc(Br)cc2c1OCC2. The Morgan fingerprint density at radius 2 is 2.11 bits per heavy atom. The van der Waals surface area contributed by atoms with Gasteiger partial charge in [-0.3, -0.25) is 4.79 Å². The van der Waals surface area contributed by atoms with Crippen LogP contribution in [0.1, 0.15) is 28.8 Å². The summed E-state index contributed by atoms with van der Waals surface area (Å²) in [5.74, 6) is -0.0999. The summed E-state index contributed by atoms with van der Waals surface area (Å²) < 4.78 is 42.3. The first kappa shape index (κ1) is 13.4. The summed E-state index contributed by atoms with van der Waals surface area (Å²) in [4.78, 5) is 11.8. The number of benzene rings is 1. The fourth-order valence-corrected chi connectivity index (χ4v) is 2.37. The second-order valence-corrected chi connectivity index (χ2v) is 4.99. The number of fused-ring (bicyclic) bond motifs is 1. The molecule has 98 valence electrons. The molecule has 1 aliphatic rings. The molecule has 1 aromatic rings. The van der Waals surface area contributed by atoms with E-state index in [1.165, 1.54) is 6.07 Å². The highest BCUT2D eigenvalue weighted by atomic mass is 79.9. The van der Waals surface area contributed by atoms with Crippen molar-refractivity contribution >= 4 is 21.7 Å². The van der Waals surface area contributed by atoms with E-state index in [-0.39, 0.29) is 5.56 Å². The van der Waals surface area contributed by atoms with Gasteiger partial charge in [0.05, 0.1) is 18.6 Å². The standard InChI is InChI=1S/C12H10BrF3O2/c13-8-5-7-2-4-18-11(7)9(6-8)10(17)1-3-12(14,15)16/h5-6H,1-4H2. The molecule has 0 bridgehead atoms. The number of halogens is 4. The van der Waals surface area contributed by atoms with Crippen molar-refractivity contribution in [2.75, 3.05) is 6.61 Å². The Balaban J connectivity index is 2.21. The number of ether oxygens (including phenoxy) is 1. The molecule has 0 aromatic heterocycles. The molecule has 18 heavy (non-hydrogen) atoms. The van der Waals surface area contributed by atoms with Crippen molar-refractivity contribution in [2.24, 2.45) is 0 Å². The molecule has 0 unspecified atom stereocenters. The largest absolute Gasteiger partial charge is 0.492 e. The molecule has 0 N–H and O–H groups in total. The molecule has 2 rings (SSSR count). The Hall–Kier alpha value is -1.04. The minimum absolute atomic E-state index is 0.237. The number of hydrogen-bond donors (Lipinski definition) is 0. The van der Waals surface area contributed by atoms with Gasteiger partial charge >= 0.3 is 6.18 Å². The molecule has 0 amide bonds. The van der Waals surface area contributed by atoms with E-state index in [0.717, 1.165) is 5.56 Å². The Morgan fingerprint density at radius 3 is 2.78 bits per heavy atom. The van der Waals surface area contributed by atoms with E-state index in [1.807, 2.05) is 6.07 Å². The number of Topliss-reactive ketones (excluding diaryl/α,β-unsaturated/α-hetero) is 1. The van der Waals surface area contributed by atoms with Gasteiger partial charge in [-0.2, -0.15) is 13.2 Å². The summed E-state index contributed by atoms with van der Waals surface area (Å²) in [5.41, 5.74) is 1.10. The van der Waals surface area contributed by atoms with Gasteiger partial charge in [-0.25, -0.2) is 0 Å². The van der Waals surface area contributed by atoms with Crippen molar-refractivity contribution in [1.82, 2.24) is 0 Å². The maximum absolute atomic E-state index is 12.1. The predicted molar refractivity (Wildman–Crippen MR) is 63.0 cm³/mol. The first-order valence-electron chi connectivity index (χ1n) is 5.42. The number of hydrogen-bond acceptors (Lipinski definition) is 2. The third-order valence-corrected chi connectivity index (χ3v) is 3.14. The molecule has 0 spiro atoms. The second kappa shape index (κ2) is 4.91. The third kappa shape index (κ3) is 3.04. The molecule has 0 fully saturated rings. The van der Waals surface area contributed by atoms with Gasteiger partial charge in [-0.1, -0.05) is 15.9 Å². The molecule has 1 aromatic carbocycles. The number of ketones is 1. The summed E-state index contributed by atoms with van der Waals surface area (Å²) in [7, 11) is 0. The van der Waals surface area contributed by atoms with Gasteiger partial charge in [0.25, 0.3) is 0 Å². The van der Waals surface area contributed by atoms with E-state index in [2.05, 4.69) is 15.9 Å². The number of alkyl halides is 3. The number of rotatable bonds is 3. The van der Waals surface area contributed by atoms with E-state index in [9.17, 15) is 18.0 Å². The third-order valence-electron chi connectivity index (χ3n) is 2.68. The lowest BCUT2D eigenvalue weighted by atomic mass is 10.0. The second-order valence-electron chi connectivity index (χ2n) is 4.08. The van der Waals surface area contributed by atoms with E-state index >= 15 is 0 Å². The average molecular weight is 323 g/mol. The molecule has 1 heterocycles. The smallest absolute Gasteiger partial charge is 0.389 e. The average Bonchev–Trinajstić information content (AvgIpc) is 2.71. The molecule has 0 radical (unpaired) electrons. The highest BCUT2D eigenvalue weighted by molar-refractivity contribution is 9.10. The minimum Gasteiger partial charge on any atom is -0.492 e. The van der Waals surface area contributed by atoms with Gasteiger partial charge in [-0.05, 0) is 17.7 Å². The summed E-state index contributed by atoms with van der Waals surface area (Å²) >= 11 is 3.24. The molecule has 0 atom stereocenters. The molecular formula is C12H10BrF3O2. The fraction of sp³-hybridized carbons (Fsp3) is 0.417. The Bertz CT molecular complexity index is 483. The Morgan fingerprint density at radius 1 is 1.39 bits per heavy atom. The fourth-order valence-electron chi connectivity index (χ4n) is 1.87. The monoisotopic (exact) mass is 322 g/mol. The van der Waals surface area contributed by atoms with Crippen LogP contribution in [0, 0.1) is 0 Å². The highest BCUT2D eigenvalue weighted by Gasteiger charge is 2.29. The summed E-state index contributed by atoms with van der Waals surface area (Å²) in [6.45, 7) is 0.464. The molecular weight excluding hydrogens is 313 g/mol. The van der Waals surface area contributed by atoms with Crippen LogP contribution in [0.5, 0.6) is 5.75 Å². The lowest BCUT2D eigenvalue weighted by Gasteiger charge is -2.09. The van der Waals surface area contributed by atoms with Crippen molar-refractivity contribution in [3.8, 4) is 5.75 Å². The molecule has 0 aliphatic carbocycles. The van der Waals surface area contributed by atoms with Crippen LogP contribution >= 0.6 is 15.9 Å². The van der Waals surface area contributed by atoms with Crippen LogP contribution < -0.4 is 4.74 Å². The molecule has 6 heteroatoms. The maximum Gasteiger partial charge on any atom is 0.389 e. The molecule has 0 saturated carbocycles. The van der Waals surface area contributed by atoms with Crippen molar-refractivity contribution < 1.29 is 22.7 Å². The quantitative estimate of drug-likeness (QED) is 0.789. The first-order chi connectivity index (χ1) is 8.37. The first-order valence-corrected chi connectivity index (χ1v) is 6.21. The van der Waals surface area contributed by atoms with Gasteiger partial charge in [-0.15, -0.1) is 0 Å². The van der Waals surface area contributed by atoms with Crippen LogP contribution in [0.4, 0.5) is 13.2 Å². The normalized spacial score (nSPS) is 14.2. The van der Waals surface area contributed by atoms with E-state index in [4.69, 9.17) is 4.74 Å². The van der Waals surface area contributed by atoms with Gasteiger partial charge < -0.3 is 4.74 Å². The van der Waals surface area contributed by atoms with Crippen molar-refractivity contribution in [3.05, 3.63) is 27.7 Å². The van der Waals surface area contributed by atoms with Crippen LogP contribution in [-0.2, 0) is 6.42 Å². The van der Waals surface area contributed by atoms with Crippen molar-refractivity contribution in [2.45, 2.75) is 25.4 Å². The van der Waals surface area contributed by atoms with E-state index in [1.54, 1.807) is 0 Å². The van der Waals surface area contributed by atoms with Gasteiger partial charge in [0.15, 0.2) is 5.78 Å². The molecule has 0 saturated heterocycles. The highest BCUT2D eigenvalue weighted by Crippen LogP contribution is 2.34. The Labute approximate surface area is 110 Å². The maximum atomic E-state index is 12.1. The van der Waals surface area contributed by atoms with Crippen LogP contribution in [0.2, 0.25) is 0 Å². The van der Waals surface area contributed by atoms with Crippen LogP contribution in [-0.4, -0.2) is 18.6 Å². The van der Waals surface area contributed by atoms with Gasteiger partial charge in [0.1, 0.15) is 5.75 Å². The number of carbonyl (C=O) groups is 1. The summed E-state index contributed by atoms with van der Waals surface area (Å²) in [5, 5.41) is 0. The predicted octanol–water partition coefficient (Wildman–Crippen LogP) is 3.91. The minimum atomic E-state index is -4.31. The zero-order valence-corrected chi connectivity index (χ0v) is 10.9. The van der Waals surface area contributed by atoms with Gasteiger partial charge in [0, 0.05) is 17.3 Å². The topological polar surface area (TPSA) is 26.3 Å². The number of carbonyl (C=O) groups excluding carboxylic acids is 1. The molecule has 1 aliphatic heterocycles. The van der Waals surface area contributed by atoms with Crippen LogP contribution in [0.3, 0.4) is 0 Å².